The second-order valence-corrected chi connectivity index (χ2v) is 6.08. The molecule has 1 aromatic carbocycles. The molecule has 1 aromatic heterocycles. The first-order valence-corrected chi connectivity index (χ1v) is 7.97. The van der Waals surface area contributed by atoms with Gasteiger partial charge in [0.2, 0.25) is 0 Å². The molecule has 5 heteroatoms. The lowest BCUT2D eigenvalue weighted by molar-refractivity contribution is 0.686. The summed E-state index contributed by atoms with van der Waals surface area (Å²) < 4.78 is 11.3. The second kappa shape index (κ2) is 6.68. The Bertz CT molecular complexity index is 575. The van der Waals surface area contributed by atoms with Crippen LogP contribution in [0.1, 0.15) is 11.1 Å². The summed E-state index contributed by atoms with van der Waals surface area (Å²) in [5.74, 6) is 0.473. The van der Waals surface area contributed by atoms with Crippen molar-refractivity contribution < 1.29 is 4.21 Å². The topological polar surface area (TPSA) is 42.0 Å². The highest BCUT2D eigenvalue weighted by molar-refractivity contribution is 7.83. The van der Waals surface area contributed by atoms with Crippen molar-refractivity contribution in [1.82, 2.24) is 4.98 Å². The quantitative estimate of drug-likeness (QED) is 0.920. The lowest BCUT2D eigenvalue weighted by Gasteiger charge is -2.09. The van der Waals surface area contributed by atoms with Gasteiger partial charge in [0.25, 0.3) is 0 Å². The van der Waals surface area contributed by atoms with Crippen molar-refractivity contribution in [2.75, 3.05) is 11.6 Å². The number of anilines is 1. The van der Waals surface area contributed by atoms with Gasteiger partial charge in [-0.05, 0) is 35.4 Å². The van der Waals surface area contributed by atoms with Crippen molar-refractivity contribution in [2.24, 2.45) is 0 Å². The maximum atomic E-state index is 11.3. The molecule has 0 aliphatic carbocycles. The summed E-state index contributed by atoms with van der Waals surface area (Å²) in [5.41, 5.74) is 2.98. The van der Waals surface area contributed by atoms with Crippen LogP contribution >= 0.6 is 11.6 Å². The number of nitrogens with one attached hydrogen (secondary N) is 1. The third kappa shape index (κ3) is 4.33. The zero-order valence-corrected chi connectivity index (χ0v) is 12.2. The first-order valence-electron chi connectivity index (χ1n) is 5.86. The maximum absolute atomic E-state index is 11.3. The minimum atomic E-state index is -0.897. The Morgan fingerprint density at radius 1 is 1.37 bits per heavy atom. The van der Waals surface area contributed by atoms with Crippen LogP contribution in [0.2, 0.25) is 5.02 Å². The third-order valence-electron chi connectivity index (χ3n) is 2.62. The first kappa shape index (κ1) is 14.0. The van der Waals surface area contributed by atoms with Crippen molar-refractivity contribution in [3.05, 3.63) is 58.9 Å². The predicted octanol–water partition coefficient (Wildman–Crippen LogP) is 3.23. The normalized spacial score (nSPS) is 12.1. The molecule has 3 nitrogen and oxygen atoms in total. The van der Waals surface area contributed by atoms with Crippen molar-refractivity contribution >= 4 is 28.1 Å². The van der Waals surface area contributed by atoms with Gasteiger partial charge >= 0.3 is 0 Å². The summed E-state index contributed by atoms with van der Waals surface area (Å²) in [4.78, 5) is 4.07. The number of pyridine rings is 1. The Morgan fingerprint density at radius 3 is 2.89 bits per heavy atom. The van der Waals surface area contributed by atoms with Gasteiger partial charge in [-0.25, -0.2) is 0 Å². The molecule has 0 aliphatic heterocycles. The summed E-state index contributed by atoms with van der Waals surface area (Å²) in [6.45, 7) is 0.699. The first-order chi connectivity index (χ1) is 9.15. The van der Waals surface area contributed by atoms with Crippen LogP contribution in [0.5, 0.6) is 0 Å². The average molecular weight is 295 g/mol. The molecular weight excluding hydrogens is 280 g/mol. The molecule has 1 atom stereocenters. The third-order valence-corrected chi connectivity index (χ3v) is 3.71. The average Bonchev–Trinajstić information content (AvgIpc) is 2.40. The van der Waals surface area contributed by atoms with Crippen LogP contribution in [-0.4, -0.2) is 15.4 Å². The number of nitrogens with zero attached hydrogens (tertiary/aromatic N) is 1. The van der Waals surface area contributed by atoms with E-state index in [1.54, 1.807) is 12.5 Å². The van der Waals surface area contributed by atoms with Crippen LogP contribution in [0.3, 0.4) is 0 Å². The Balaban J connectivity index is 2.06. The molecule has 1 N–H and O–H groups in total. The predicted molar refractivity (Wildman–Crippen MR) is 80.8 cm³/mol. The highest BCUT2D eigenvalue weighted by Crippen LogP contribution is 2.22. The van der Waals surface area contributed by atoms with Gasteiger partial charge in [-0.1, -0.05) is 17.7 Å². The Labute approximate surface area is 120 Å². The van der Waals surface area contributed by atoms with Gasteiger partial charge < -0.3 is 5.32 Å². The zero-order valence-electron chi connectivity index (χ0n) is 10.6. The van der Waals surface area contributed by atoms with E-state index in [1.165, 1.54) is 0 Å². The van der Waals surface area contributed by atoms with Crippen molar-refractivity contribution in [1.29, 1.82) is 0 Å². The summed E-state index contributed by atoms with van der Waals surface area (Å²) in [6, 6.07) is 9.61. The smallest absolute Gasteiger partial charge is 0.0498 e. The molecule has 0 bridgehead atoms. The molecule has 0 fully saturated rings. The van der Waals surface area contributed by atoms with Crippen LogP contribution in [0.4, 0.5) is 5.69 Å². The summed E-state index contributed by atoms with van der Waals surface area (Å²) >= 11 is 6.09. The van der Waals surface area contributed by atoms with E-state index in [-0.39, 0.29) is 0 Å². The van der Waals surface area contributed by atoms with Crippen LogP contribution in [0.15, 0.2) is 42.7 Å². The Hall–Kier alpha value is -1.39. The van der Waals surface area contributed by atoms with E-state index in [2.05, 4.69) is 10.3 Å². The van der Waals surface area contributed by atoms with Crippen LogP contribution in [0.25, 0.3) is 0 Å². The molecule has 2 aromatic rings. The van der Waals surface area contributed by atoms with Gasteiger partial charge in [-0.3, -0.25) is 9.19 Å². The molecule has 1 unspecified atom stereocenters. The van der Waals surface area contributed by atoms with E-state index in [9.17, 15) is 4.21 Å². The maximum Gasteiger partial charge on any atom is 0.0498 e. The Kier molecular flexibility index (Phi) is 4.93. The molecule has 1 heterocycles. The van der Waals surface area contributed by atoms with Gasteiger partial charge in [0.15, 0.2) is 0 Å². The number of hydrogen-bond acceptors (Lipinski definition) is 3. The fourth-order valence-electron chi connectivity index (χ4n) is 1.72. The summed E-state index contributed by atoms with van der Waals surface area (Å²) in [5, 5.41) is 3.96. The monoisotopic (exact) mass is 294 g/mol. The molecular formula is C14H15ClN2OS. The highest BCUT2D eigenvalue weighted by Gasteiger charge is 2.04. The molecule has 0 amide bonds. The minimum Gasteiger partial charge on any atom is -0.381 e. The molecule has 0 saturated carbocycles. The lowest BCUT2D eigenvalue weighted by Crippen LogP contribution is -2.01. The van der Waals surface area contributed by atoms with Gasteiger partial charge in [0.05, 0.1) is 0 Å². The SMILES string of the molecule is CS(=O)Cc1cc(NCc2cccnc2)ccc1Cl. The fourth-order valence-corrected chi connectivity index (χ4v) is 2.66. The van der Waals surface area contributed by atoms with E-state index >= 15 is 0 Å². The molecule has 100 valence electrons. The molecule has 0 saturated heterocycles. The molecule has 0 aliphatic rings. The number of halogens is 1. The van der Waals surface area contributed by atoms with E-state index in [1.807, 2.05) is 36.5 Å². The van der Waals surface area contributed by atoms with Gasteiger partial charge in [-0.15, -0.1) is 0 Å². The second-order valence-electron chi connectivity index (χ2n) is 4.24. The summed E-state index contributed by atoms with van der Waals surface area (Å²) in [7, 11) is -0.897. The van der Waals surface area contributed by atoms with Crippen LogP contribution in [0, 0.1) is 0 Å². The van der Waals surface area contributed by atoms with E-state index in [0.717, 1.165) is 16.8 Å². The van der Waals surface area contributed by atoms with Gasteiger partial charge in [0, 0.05) is 52.5 Å². The number of hydrogen-bond donors (Lipinski definition) is 1. The zero-order chi connectivity index (χ0) is 13.7. The van der Waals surface area contributed by atoms with E-state index in [0.29, 0.717) is 17.3 Å². The lowest BCUT2D eigenvalue weighted by atomic mass is 10.2. The molecule has 2 rings (SSSR count). The van der Waals surface area contributed by atoms with E-state index in [4.69, 9.17) is 11.6 Å². The molecule has 19 heavy (non-hydrogen) atoms. The number of aromatic nitrogens is 1. The highest BCUT2D eigenvalue weighted by atomic mass is 35.5. The van der Waals surface area contributed by atoms with E-state index < -0.39 is 10.8 Å². The Morgan fingerprint density at radius 2 is 2.21 bits per heavy atom. The van der Waals surface area contributed by atoms with Crippen LogP contribution in [-0.2, 0) is 23.1 Å². The van der Waals surface area contributed by atoms with Crippen molar-refractivity contribution in [2.45, 2.75) is 12.3 Å². The molecule has 0 spiro atoms. The molecule has 0 radical (unpaired) electrons. The van der Waals surface area contributed by atoms with Crippen molar-refractivity contribution in [3.8, 4) is 0 Å². The van der Waals surface area contributed by atoms with Crippen LogP contribution < -0.4 is 5.32 Å². The van der Waals surface area contributed by atoms with Gasteiger partial charge in [0.1, 0.15) is 0 Å². The fraction of sp³-hybridized carbons (Fsp3) is 0.214. The number of benzene rings is 1. The van der Waals surface area contributed by atoms with Gasteiger partial charge in [-0.2, -0.15) is 0 Å². The number of rotatable bonds is 5. The standard InChI is InChI=1S/C14H15ClN2OS/c1-19(18)10-12-7-13(4-5-14(12)15)17-9-11-3-2-6-16-8-11/h2-8,17H,9-10H2,1H3. The minimum absolute atomic E-state index is 0.473. The summed E-state index contributed by atoms with van der Waals surface area (Å²) in [6.07, 6.45) is 5.25. The largest absolute Gasteiger partial charge is 0.381 e. The van der Waals surface area contributed by atoms with Crippen molar-refractivity contribution in [3.63, 3.8) is 0 Å².